The molecular formula is C19H31N3O. The van der Waals surface area contributed by atoms with Crippen LogP contribution in [0.15, 0.2) is 35.3 Å². The molecule has 1 heterocycles. The molecule has 4 nitrogen and oxygen atoms in total. The van der Waals surface area contributed by atoms with Crippen LogP contribution in [-0.4, -0.2) is 43.7 Å². The molecule has 2 rings (SSSR count). The minimum Gasteiger partial charge on any atom is -0.381 e. The molecule has 1 aliphatic heterocycles. The minimum absolute atomic E-state index is 0.724. The second kappa shape index (κ2) is 10.3. The standard InChI is InChI=1S/C19H31N3O/c1-17-8-7-13-22(16-17)19(20)21-12-5-6-14-23-15-11-18-9-3-2-4-10-18/h2-4,9-10,17H,5-8,11-16H2,1H3,(H2,20,21). The van der Waals surface area contributed by atoms with Crippen LogP contribution in [0.25, 0.3) is 0 Å². The van der Waals surface area contributed by atoms with Crippen molar-refractivity contribution in [3.05, 3.63) is 35.9 Å². The molecule has 0 aromatic heterocycles. The first kappa shape index (κ1) is 17.8. The lowest BCUT2D eigenvalue weighted by Crippen LogP contribution is -2.43. The van der Waals surface area contributed by atoms with Crippen LogP contribution < -0.4 is 5.73 Å². The average molecular weight is 317 g/mol. The number of piperidine rings is 1. The zero-order chi connectivity index (χ0) is 16.3. The summed E-state index contributed by atoms with van der Waals surface area (Å²) >= 11 is 0. The lowest BCUT2D eigenvalue weighted by molar-refractivity contribution is 0.134. The van der Waals surface area contributed by atoms with E-state index in [2.05, 4.69) is 41.1 Å². The van der Waals surface area contributed by atoms with Crippen LogP contribution in [-0.2, 0) is 11.2 Å². The van der Waals surface area contributed by atoms with Gasteiger partial charge >= 0.3 is 0 Å². The summed E-state index contributed by atoms with van der Waals surface area (Å²) in [6.45, 7) is 6.80. The molecule has 1 fully saturated rings. The van der Waals surface area contributed by atoms with Gasteiger partial charge in [-0.15, -0.1) is 0 Å². The molecule has 0 spiro atoms. The second-order valence-corrected chi connectivity index (χ2v) is 6.49. The molecular weight excluding hydrogens is 286 g/mol. The first-order valence-corrected chi connectivity index (χ1v) is 8.92. The van der Waals surface area contributed by atoms with E-state index in [0.717, 1.165) is 64.0 Å². The van der Waals surface area contributed by atoms with E-state index in [1.807, 2.05) is 6.07 Å². The number of hydrogen-bond donors (Lipinski definition) is 1. The molecule has 1 aromatic carbocycles. The predicted octanol–water partition coefficient (Wildman–Crippen LogP) is 3.07. The third-order valence-electron chi connectivity index (χ3n) is 4.33. The zero-order valence-corrected chi connectivity index (χ0v) is 14.4. The largest absolute Gasteiger partial charge is 0.381 e. The molecule has 0 saturated carbocycles. The summed E-state index contributed by atoms with van der Waals surface area (Å²) in [6.07, 6.45) is 5.60. The highest BCUT2D eigenvalue weighted by Gasteiger charge is 2.17. The lowest BCUT2D eigenvalue weighted by Gasteiger charge is -2.31. The molecule has 1 aromatic rings. The Hall–Kier alpha value is -1.55. The molecule has 0 radical (unpaired) electrons. The topological polar surface area (TPSA) is 50.8 Å². The van der Waals surface area contributed by atoms with Crippen LogP contribution in [0.1, 0.15) is 38.2 Å². The molecule has 1 saturated heterocycles. The highest BCUT2D eigenvalue weighted by Crippen LogP contribution is 2.14. The van der Waals surface area contributed by atoms with Gasteiger partial charge in [-0.2, -0.15) is 0 Å². The monoisotopic (exact) mass is 317 g/mol. The Kier molecular flexibility index (Phi) is 7.95. The maximum absolute atomic E-state index is 6.08. The quantitative estimate of drug-likeness (QED) is 0.455. The molecule has 1 atom stereocenters. The first-order valence-electron chi connectivity index (χ1n) is 8.92. The van der Waals surface area contributed by atoms with Crippen LogP contribution in [0.3, 0.4) is 0 Å². The number of ether oxygens (including phenoxy) is 1. The third kappa shape index (κ3) is 7.04. The number of hydrogen-bond acceptors (Lipinski definition) is 2. The molecule has 4 heteroatoms. The Morgan fingerprint density at radius 3 is 2.87 bits per heavy atom. The molecule has 0 bridgehead atoms. The SMILES string of the molecule is CC1CCCN(C(N)=NCCCCOCCc2ccccc2)C1. The fourth-order valence-electron chi connectivity index (χ4n) is 2.94. The van der Waals surface area contributed by atoms with E-state index < -0.39 is 0 Å². The van der Waals surface area contributed by atoms with Gasteiger partial charge in [0.15, 0.2) is 5.96 Å². The maximum atomic E-state index is 6.08. The Bertz CT molecular complexity index is 461. The molecule has 1 unspecified atom stereocenters. The van der Waals surface area contributed by atoms with Gasteiger partial charge in [0.2, 0.25) is 0 Å². The Labute approximate surface area is 140 Å². The summed E-state index contributed by atoms with van der Waals surface area (Å²) in [5.74, 6) is 1.46. The van der Waals surface area contributed by atoms with Crippen molar-refractivity contribution in [2.75, 3.05) is 32.8 Å². The summed E-state index contributed by atoms with van der Waals surface area (Å²) in [5, 5.41) is 0. The van der Waals surface area contributed by atoms with Gasteiger partial charge < -0.3 is 15.4 Å². The van der Waals surface area contributed by atoms with E-state index in [9.17, 15) is 0 Å². The van der Waals surface area contributed by atoms with Crippen molar-refractivity contribution < 1.29 is 4.74 Å². The van der Waals surface area contributed by atoms with Crippen molar-refractivity contribution in [2.45, 2.75) is 39.0 Å². The number of guanidine groups is 1. The van der Waals surface area contributed by atoms with E-state index in [1.54, 1.807) is 0 Å². The predicted molar refractivity (Wildman–Crippen MR) is 96.7 cm³/mol. The smallest absolute Gasteiger partial charge is 0.191 e. The van der Waals surface area contributed by atoms with Gasteiger partial charge in [-0.1, -0.05) is 37.3 Å². The highest BCUT2D eigenvalue weighted by molar-refractivity contribution is 5.78. The number of nitrogens with two attached hydrogens (primary N) is 1. The maximum Gasteiger partial charge on any atom is 0.191 e. The summed E-state index contributed by atoms with van der Waals surface area (Å²) in [5.41, 5.74) is 7.42. The van der Waals surface area contributed by atoms with Crippen molar-refractivity contribution in [2.24, 2.45) is 16.6 Å². The van der Waals surface area contributed by atoms with Crippen molar-refractivity contribution >= 4 is 5.96 Å². The van der Waals surface area contributed by atoms with Crippen molar-refractivity contribution in [1.82, 2.24) is 4.90 Å². The summed E-state index contributed by atoms with van der Waals surface area (Å²) in [4.78, 5) is 6.74. The molecule has 1 aliphatic rings. The fourth-order valence-corrected chi connectivity index (χ4v) is 2.94. The highest BCUT2D eigenvalue weighted by atomic mass is 16.5. The van der Waals surface area contributed by atoms with Crippen LogP contribution in [0.5, 0.6) is 0 Å². The van der Waals surface area contributed by atoms with Gasteiger partial charge in [0.1, 0.15) is 0 Å². The van der Waals surface area contributed by atoms with Gasteiger partial charge in [0.05, 0.1) is 6.61 Å². The average Bonchev–Trinajstić information content (AvgIpc) is 2.58. The second-order valence-electron chi connectivity index (χ2n) is 6.49. The Morgan fingerprint density at radius 1 is 1.26 bits per heavy atom. The Morgan fingerprint density at radius 2 is 2.09 bits per heavy atom. The molecule has 0 amide bonds. The molecule has 2 N–H and O–H groups in total. The number of aliphatic imine (C=N–C) groups is 1. The van der Waals surface area contributed by atoms with Crippen molar-refractivity contribution in [1.29, 1.82) is 0 Å². The van der Waals surface area contributed by atoms with E-state index >= 15 is 0 Å². The number of likely N-dealkylation sites (tertiary alicyclic amines) is 1. The van der Waals surface area contributed by atoms with Crippen LogP contribution in [0.2, 0.25) is 0 Å². The fraction of sp³-hybridized carbons (Fsp3) is 0.632. The van der Waals surface area contributed by atoms with Gasteiger partial charge in [0.25, 0.3) is 0 Å². The summed E-state index contributed by atoms with van der Waals surface area (Å²) in [6, 6.07) is 10.5. The molecule has 0 aliphatic carbocycles. The number of unbranched alkanes of at least 4 members (excludes halogenated alkanes) is 1. The number of rotatable bonds is 8. The van der Waals surface area contributed by atoms with E-state index in [1.165, 1.54) is 18.4 Å². The van der Waals surface area contributed by atoms with Gasteiger partial charge in [-0.05, 0) is 43.6 Å². The van der Waals surface area contributed by atoms with Crippen molar-refractivity contribution in [3.8, 4) is 0 Å². The van der Waals surface area contributed by atoms with Gasteiger partial charge in [-0.3, -0.25) is 4.99 Å². The summed E-state index contributed by atoms with van der Waals surface area (Å²) in [7, 11) is 0. The van der Waals surface area contributed by atoms with Gasteiger partial charge in [-0.25, -0.2) is 0 Å². The molecule has 128 valence electrons. The third-order valence-corrected chi connectivity index (χ3v) is 4.33. The Balaban J connectivity index is 1.49. The zero-order valence-electron chi connectivity index (χ0n) is 14.4. The normalized spacial score (nSPS) is 19.1. The van der Waals surface area contributed by atoms with E-state index in [-0.39, 0.29) is 0 Å². The van der Waals surface area contributed by atoms with Crippen LogP contribution >= 0.6 is 0 Å². The van der Waals surface area contributed by atoms with Crippen LogP contribution in [0.4, 0.5) is 0 Å². The van der Waals surface area contributed by atoms with Crippen molar-refractivity contribution in [3.63, 3.8) is 0 Å². The molecule has 23 heavy (non-hydrogen) atoms. The van der Waals surface area contributed by atoms with E-state index in [0.29, 0.717) is 0 Å². The lowest BCUT2D eigenvalue weighted by atomic mass is 10.0. The first-order chi connectivity index (χ1) is 11.3. The van der Waals surface area contributed by atoms with Gasteiger partial charge in [0, 0.05) is 26.2 Å². The minimum atomic E-state index is 0.724. The summed E-state index contributed by atoms with van der Waals surface area (Å²) < 4.78 is 5.68. The number of benzene rings is 1. The van der Waals surface area contributed by atoms with Crippen LogP contribution in [0, 0.1) is 5.92 Å². The number of nitrogens with zero attached hydrogens (tertiary/aromatic N) is 2. The van der Waals surface area contributed by atoms with E-state index in [4.69, 9.17) is 10.5 Å².